The fourth-order valence-corrected chi connectivity index (χ4v) is 2.43. The van der Waals surface area contributed by atoms with Crippen molar-refractivity contribution in [1.82, 2.24) is 4.98 Å². The van der Waals surface area contributed by atoms with E-state index < -0.39 is 17.5 Å². The van der Waals surface area contributed by atoms with E-state index in [-0.39, 0.29) is 28.4 Å². The first-order chi connectivity index (χ1) is 11.9. The van der Waals surface area contributed by atoms with E-state index in [2.05, 4.69) is 4.98 Å². The van der Waals surface area contributed by atoms with Crippen molar-refractivity contribution in [3.63, 3.8) is 0 Å². The summed E-state index contributed by atoms with van der Waals surface area (Å²) < 4.78 is 40.1. The molecule has 0 aliphatic heterocycles. The highest BCUT2D eigenvalue weighted by Gasteiger charge is 2.17. The third-order valence-electron chi connectivity index (χ3n) is 3.60. The number of aromatic nitrogens is 1. The zero-order valence-electron chi connectivity index (χ0n) is 12.6. The summed E-state index contributed by atoms with van der Waals surface area (Å²) in [5.41, 5.74) is 6.67. The van der Waals surface area contributed by atoms with E-state index in [4.69, 9.17) is 5.73 Å². The smallest absolute Gasteiger partial charge is 0.194 e. The lowest BCUT2D eigenvalue weighted by atomic mass is 9.98. The topological polar surface area (TPSA) is 82.9 Å². The summed E-state index contributed by atoms with van der Waals surface area (Å²) in [7, 11) is 0. The number of hydrogen-bond donors (Lipinski definition) is 2. The molecule has 0 amide bonds. The summed E-state index contributed by atoms with van der Waals surface area (Å²) in [6.45, 7) is 0. The number of halogens is 3. The van der Waals surface area contributed by atoms with E-state index in [0.717, 1.165) is 12.1 Å². The molecule has 0 bridgehead atoms. The normalized spacial score (nSPS) is 10.5. The van der Waals surface area contributed by atoms with Gasteiger partial charge in [0.15, 0.2) is 17.5 Å². The fourth-order valence-electron chi connectivity index (χ4n) is 2.43. The minimum Gasteiger partial charge on any atom is -0.508 e. The summed E-state index contributed by atoms with van der Waals surface area (Å²) in [6.07, 6.45) is 0. The van der Waals surface area contributed by atoms with E-state index >= 15 is 0 Å². The Morgan fingerprint density at radius 1 is 1.00 bits per heavy atom. The van der Waals surface area contributed by atoms with Crippen molar-refractivity contribution in [3.05, 3.63) is 65.5 Å². The van der Waals surface area contributed by atoms with Crippen LogP contribution in [0.2, 0.25) is 0 Å². The Bertz CT molecular complexity index is 1010. The number of pyridine rings is 1. The molecular formula is C18H10F3N3O. The van der Waals surface area contributed by atoms with Gasteiger partial charge in [0.2, 0.25) is 0 Å². The molecule has 0 unspecified atom stereocenters. The molecule has 0 fully saturated rings. The number of nitrogens with two attached hydrogens (primary N) is 1. The minimum atomic E-state index is -1.58. The van der Waals surface area contributed by atoms with Crippen LogP contribution in [-0.2, 0) is 0 Å². The lowest BCUT2D eigenvalue weighted by molar-refractivity contribution is 0.447. The van der Waals surface area contributed by atoms with Crippen LogP contribution in [0.15, 0.2) is 42.5 Å². The summed E-state index contributed by atoms with van der Waals surface area (Å²) >= 11 is 0. The molecule has 0 saturated heterocycles. The molecule has 25 heavy (non-hydrogen) atoms. The van der Waals surface area contributed by atoms with Gasteiger partial charge >= 0.3 is 0 Å². The monoisotopic (exact) mass is 341 g/mol. The van der Waals surface area contributed by atoms with Crippen molar-refractivity contribution in [3.8, 4) is 34.2 Å². The Labute approximate surface area is 140 Å². The highest BCUT2D eigenvalue weighted by Crippen LogP contribution is 2.33. The Morgan fingerprint density at radius 3 is 2.28 bits per heavy atom. The quantitative estimate of drug-likeness (QED) is 0.690. The molecule has 0 aliphatic carbocycles. The largest absolute Gasteiger partial charge is 0.508 e. The predicted octanol–water partition coefficient (Wildman–Crippen LogP) is 3.99. The van der Waals surface area contributed by atoms with Gasteiger partial charge in [0.25, 0.3) is 0 Å². The van der Waals surface area contributed by atoms with Gasteiger partial charge in [0.05, 0.1) is 5.69 Å². The molecule has 3 rings (SSSR count). The average molecular weight is 341 g/mol. The first-order valence-electron chi connectivity index (χ1n) is 7.05. The lowest BCUT2D eigenvalue weighted by Crippen LogP contribution is -2.01. The molecule has 0 atom stereocenters. The molecule has 3 aromatic rings. The van der Waals surface area contributed by atoms with Crippen molar-refractivity contribution in [2.45, 2.75) is 0 Å². The van der Waals surface area contributed by atoms with E-state index in [1.807, 2.05) is 6.07 Å². The zero-order chi connectivity index (χ0) is 18.1. The zero-order valence-corrected chi connectivity index (χ0v) is 12.6. The first kappa shape index (κ1) is 16.3. The molecule has 1 heterocycles. The Hall–Kier alpha value is -3.53. The summed E-state index contributed by atoms with van der Waals surface area (Å²) in [5.74, 6) is -4.49. The number of phenols is 1. The second kappa shape index (κ2) is 6.17. The maximum absolute atomic E-state index is 13.5. The van der Waals surface area contributed by atoms with Crippen molar-refractivity contribution in [2.24, 2.45) is 0 Å². The summed E-state index contributed by atoms with van der Waals surface area (Å²) in [6, 6.07) is 11.0. The Kier molecular flexibility index (Phi) is 4.03. The van der Waals surface area contributed by atoms with Crippen molar-refractivity contribution >= 4 is 5.82 Å². The average Bonchev–Trinajstić information content (AvgIpc) is 2.58. The number of phenolic OH excluding ortho intramolecular Hbond substituents is 1. The number of rotatable bonds is 2. The van der Waals surface area contributed by atoms with Gasteiger partial charge in [-0.1, -0.05) is 12.1 Å². The van der Waals surface area contributed by atoms with E-state index in [9.17, 15) is 23.5 Å². The van der Waals surface area contributed by atoms with Crippen LogP contribution in [0, 0.1) is 28.8 Å². The molecule has 2 aromatic carbocycles. The van der Waals surface area contributed by atoms with Gasteiger partial charge in [-0.2, -0.15) is 5.26 Å². The maximum atomic E-state index is 13.5. The van der Waals surface area contributed by atoms with Crippen molar-refractivity contribution < 1.29 is 18.3 Å². The number of nitriles is 1. The van der Waals surface area contributed by atoms with Crippen LogP contribution in [0.5, 0.6) is 5.75 Å². The first-order valence-corrected chi connectivity index (χ1v) is 7.05. The number of anilines is 1. The fraction of sp³-hybridized carbons (Fsp3) is 0. The number of nitrogens with zero attached hydrogens (tertiary/aromatic N) is 2. The summed E-state index contributed by atoms with van der Waals surface area (Å²) in [4.78, 5) is 3.97. The van der Waals surface area contributed by atoms with Crippen LogP contribution in [0.4, 0.5) is 19.0 Å². The van der Waals surface area contributed by atoms with Gasteiger partial charge in [-0.3, -0.25) is 0 Å². The minimum absolute atomic E-state index is 0.0304. The van der Waals surface area contributed by atoms with Crippen molar-refractivity contribution in [2.75, 3.05) is 5.73 Å². The van der Waals surface area contributed by atoms with E-state index in [0.29, 0.717) is 11.1 Å². The molecule has 1 aromatic heterocycles. The highest BCUT2D eigenvalue weighted by atomic mass is 19.2. The standard InChI is InChI=1S/C18H10F3N3O/c19-14-5-10(6-15(20)17(14)21)16-7-12(13(8-22)18(23)24-16)9-2-1-3-11(25)4-9/h1-7,25H,(H2,23,24). The molecule has 0 saturated carbocycles. The third kappa shape index (κ3) is 2.97. The van der Waals surface area contributed by atoms with Gasteiger partial charge in [-0.15, -0.1) is 0 Å². The maximum Gasteiger partial charge on any atom is 0.194 e. The second-order valence-electron chi connectivity index (χ2n) is 5.23. The summed E-state index contributed by atoms with van der Waals surface area (Å²) in [5, 5.41) is 18.9. The highest BCUT2D eigenvalue weighted by molar-refractivity contribution is 5.80. The van der Waals surface area contributed by atoms with E-state index in [1.165, 1.54) is 18.2 Å². The molecule has 0 aliphatic rings. The molecule has 0 radical (unpaired) electrons. The number of aromatic hydroxyl groups is 1. The van der Waals surface area contributed by atoms with Crippen LogP contribution in [0.1, 0.15) is 5.56 Å². The van der Waals surface area contributed by atoms with Crippen LogP contribution >= 0.6 is 0 Å². The predicted molar refractivity (Wildman–Crippen MR) is 85.8 cm³/mol. The van der Waals surface area contributed by atoms with Crippen LogP contribution in [0.3, 0.4) is 0 Å². The van der Waals surface area contributed by atoms with E-state index in [1.54, 1.807) is 12.1 Å². The number of hydrogen-bond acceptors (Lipinski definition) is 4. The van der Waals surface area contributed by atoms with Crippen LogP contribution < -0.4 is 5.73 Å². The van der Waals surface area contributed by atoms with Gasteiger partial charge in [0, 0.05) is 11.1 Å². The Morgan fingerprint density at radius 2 is 1.68 bits per heavy atom. The third-order valence-corrected chi connectivity index (χ3v) is 3.60. The molecule has 0 spiro atoms. The SMILES string of the molecule is N#Cc1c(-c2cccc(O)c2)cc(-c2cc(F)c(F)c(F)c2)nc1N. The van der Waals surface area contributed by atoms with Gasteiger partial charge in [0.1, 0.15) is 23.2 Å². The molecule has 3 N–H and O–H groups in total. The van der Waals surface area contributed by atoms with Gasteiger partial charge in [-0.25, -0.2) is 18.2 Å². The second-order valence-corrected chi connectivity index (χ2v) is 5.23. The Balaban J connectivity index is 2.26. The van der Waals surface area contributed by atoms with Crippen LogP contribution in [-0.4, -0.2) is 10.1 Å². The molecular weight excluding hydrogens is 331 g/mol. The van der Waals surface area contributed by atoms with Crippen molar-refractivity contribution in [1.29, 1.82) is 5.26 Å². The lowest BCUT2D eigenvalue weighted by Gasteiger charge is -2.11. The molecule has 7 heteroatoms. The van der Waals surface area contributed by atoms with Gasteiger partial charge < -0.3 is 10.8 Å². The molecule has 124 valence electrons. The van der Waals surface area contributed by atoms with Gasteiger partial charge in [-0.05, 0) is 35.9 Å². The van der Waals surface area contributed by atoms with Crippen LogP contribution in [0.25, 0.3) is 22.4 Å². The molecule has 4 nitrogen and oxygen atoms in total. The number of nitrogen functional groups attached to an aromatic ring is 1. The number of benzene rings is 2.